The number of nitrogens with zero attached hydrogens (tertiary/aromatic N) is 3. The molecule has 3 aliphatic rings. The monoisotopic (exact) mass is 430 g/mol. The molecule has 2 saturated carbocycles. The molecule has 0 saturated heterocycles. The highest BCUT2D eigenvalue weighted by atomic mass is 19.3. The van der Waals surface area contributed by atoms with Gasteiger partial charge in [-0.05, 0) is 32.6 Å². The molecule has 30 heavy (non-hydrogen) atoms. The number of aryl methyl sites for hydroxylation is 1. The lowest BCUT2D eigenvalue weighted by Crippen LogP contribution is -2.59. The molecule has 0 bridgehead atoms. The summed E-state index contributed by atoms with van der Waals surface area (Å²) in [6, 6.07) is 1.50. The van der Waals surface area contributed by atoms with Gasteiger partial charge in [0.05, 0.1) is 0 Å². The Bertz CT molecular complexity index is 834. The average molecular weight is 430 g/mol. The minimum absolute atomic E-state index is 0.0321. The van der Waals surface area contributed by atoms with Gasteiger partial charge in [-0.25, -0.2) is 22.6 Å². The molecular formula is C19H26F4N6O. The molecule has 0 spiro atoms. The van der Waals surface area contributed by atoms with Gasteiger partial charge in [-0.2, -0.15) is 4.99 Å². The van der Waals surface area contributed by atoms with Crippen molar-refractivity contribution in [3.63, 3.8) is 0 Å². The van der Waals surface area contributed by atoms with Crippen LogP contribution in [0.25, 0.3) is 0 Å². The standard InChI is InChI=1S/C19H26F4N6O/c1-11-10-14(29-30-11)19(12-2-6-17(20,21)7-3-12)27-15(24)26-16(28-19)25-13-4-8-18(22,23)9-5-13/h10,12-13H,2-9H2,1H3,(H4,24,25,26,27,28). The Balaban J connectivity index is 1.59. The number of aliphatic imine (C=N–C) groups is 2. The third kappa shape index (κ3) is 4.24. The molecule has 1 aromatic heterocycles. The number of hydrogen-bond donors (Lipinski definition) is 3. The average Bonchev–Trinajstić information content (AvgIpc) is 3.10. The molecule has 1 aliphatic heterocycles. The predicted molar refractivity (Wildman–Crippen MR) is 102 cm³/mol. The molecule has 2 fully saturated rings. The molecule has 7 nitrogen and oxygen atoms in total. The van der Waals surface area contributed by atoms with E-state index in [-0.39, 0.29) is 75.2 Å². The van der Waals surface area contributed by atoms with Crippen molar-refractivity contribution in [2.24, 2.45) is 21.6 Å². The van der Waals surface area contributed by atoms with Gasteiger partial charge in [0.25, 0.3) is 0 Å². The largest absolute Gasteiger partial charge is 0.368 e. The lowest BCUT2D eigenvalue weighted by molar-refractivity contribution is -0.0570. The summed E-state index contributed by atoms with van der Waals surface area (Å²) in [6.07, 6.45) is 0.0831. The van der Waals surface area contributed by atoms with E-state index in [4.69, 9.17) is 10.3 Å². The van der Waals surface area contributed by atoms with Crippen LogP contribution < -0.4 is 16.4 Å². The number of nitrogens with two attached hydrogens (primary N) is 1. The molecule has 4 rings (SSSR count). The van der Waals surface area contributed by atoms with Crippen LogP contribution in [-0.2, 0) is 5.66 Å². The smallest absolute Gasteiger partial charge is 0.248 e. The van der Waals surface area contributed by atoms with Crippen molar-refractivity contribution < 1.29 is 22.1 Å². The van der Waals surface area contributed by atoms with E-state index in [1.165, 1.54) is 0 Å². The van der Waals surface area contributed by atoms with E-state index in [1.807, 2.05) is 0 Å². The summed E-state index contributed by atoms with van der Waals surface area (Å²) in [5.41, 5.74) is 5.23. The van der Waals surface area contributed by atoms with E-state index in [2.05, 4.69) is 25.8 Å². The van der Waals surface area contributed by atoms with E-state index in [0.29, 0.717) is 11.5 Å². The minimum Gasteiger partial charge on any atom is -0.368 e. The molecule has 2 aliphatic carbocycles. The highest BCUT2D eigenvalue weighted by Crippen LogP contribution is 2.45. The first-order valence-electron chi connectivity index (χ1n) is 10.3. The minimum atomic E-state index is -2.70. The van der Waals surface area contributed by atoms with E-state index >= 15 is 0 Å². The van der Waals surface area contributed by atoms with Gasteiger partial charge < -0.3 is 20.9 Å². The fraction of sp³-hybridized carbons (Fsp3) is 0.737. The van der Waals surface area contributed by atoms with Crippen molar-refractivity contribution in [3.8, 4) is 0 Å². The quantitative estimate of drug-likeness (QED) is 0.638. The Labute approximate surface area is 171 Å². The van der Waals surface area contributed by atoms with E-state index in [0.717, 1.165) is 0 Å². The van der Waals surface area contributed by atoms with Crippen LogP contribution in [0.2, 0.25) is 0 Å². The number of nitrogens with one attached hydrogen (secondary N) is 2. The zero-order valence-electron chi connectivity index (χ0n) is 16.7. The molecule has 0 radical (unpaired) electrons. The van der Waals surface area contributed by atoms with Crippen molar-refractivity contribution in [1.82, 2.24) is 15.8 Å². The van der Waals surface area contributed by atoms with Crippen LogP contribution >= 0.6 is 0 Å². The first kappa shape index (κ1) is 20.9. The molecule has 0 amide bonds. The fourth-order valence-electron chi connectivity index (χ4n) is 4.53. The molecule has 11 heteroatoms. The van der Waals surface area contributed by atoms with Crippen molar-refractivity contribution in [2.45, 2.75) is 81.8 Å². The van der Waals surface area contributed by atoms with Gasteiger partial charge in [-0.1, -0.05) is 5.16 Å². The second kappa shape index (κ2) is 7.42. The highest BCUT2D eigenvalue weighted by molar-refractivity contribution is 5.96. The Morgan fingerprint density at radius 3 is 2.23 bits per heavy atom. The number of guanidine groups is 2. The Kier molecular flexibility index (Phi) is 5.17. The molecule has 1 aromatic rings. The Hall–Kier alpha value is -2.33. The first-order valence-corrected chi connectivity index (χ1v) is 10.3. The molecule has 166 valence electrons. The maximum absolute atomic E-state index is 13.8. The molecule has 1 unspecified atom stereocenters. The maximum atomic E-state index is 13.8. The summed E-state index contributed by atoms with van der Waals surface area (Å²) >= 11 is 0. The number of rotatable bonds is 3. The zero-order valence-corrected chi connectivity index (χ0v) is 16.7. The van der Waals surface area contributed by atoms with Crippen LogP contribution in [0.5, 0.6) is 0 Å². The molecule has 1 atom stereocenters. The van der Waals surface area contributed by atoms with Gasteiger partial charge >= 0.3 is 0 Å². The number of alkyl halides is 4. The Morgan fingerprint density at radius 1 is 1.07 bits per heavy atom. The van der Waals surface area contributed by atoms with Gasteiger partial charge in [0.1, 0.15) is 11.5 Å². The predicted octanol–water partition coefficient (Wildman–Crippen LogP) is 3.40. The summed E-state index contributed by atoms with van der Waals surface area (Å²) in [5.74, 6) is -4.86. The normalized spacial score (nSPS) is 29.6. The molecule has 4 N–H and O–H groups in total. The first-order chi connectivity index (χ1) is 14.1. The van der Waals surface area contributed by atoms with Crippen molar-refractivity contribution in [2.75, 3.05) is 0 Å². The summed E-state index contributed by atoms with van der Waals surface area (Å²) in [6.45, 7) is 1.73. The second-order valence-corrected chi connectivity index (χ2v) is 8.55. The van der Waals surface area contributed by atoms with Gasteiger partial charge in [-0.15, -0.1) is 0 Å². The number of hydrogen-bond acceptors (Lipinski definition) is 7. The number of halogens is 4. The lowest BCUT2D eigenvalue weighted by atomic mass is 9.76. The number of aromatic nitrogens is 1. The molecule has 0 aromatic carbocycles. The van der Waals surface area contributed by atoms with Gasteiger partial charge in [0.2, 0.25) is 23.8 Å². The maximum Gasteiger partial charge on any atom is 0.248 e. The van der Waals surface area contributed by atoms with Crippen molar-refractivity contribution >= 4 is 11.9 Å². The third-order valence-corrected chi connectivity index (χ3v) is 6.21. The van der Waals surface area contributed by atoms with Crippen molar-refractivity contribution in [3.05, 3.63) is 17.5 Å². The van der Waals surface area contributed by atoms with E-state index in [9.17, 15) is 17.6 Å². The van der Waals surface area contributed by atoms with E-state index < -0.39 is 17.5 Å². The van der Waals surface area contributed by atoms with Gasteiger partial charge in [-0.3, -0.25) is 0 Å². The Morgan fingerprint density at radius 2 is 1.67 bits per heavy atom. The van der Waals surface area contributed by atoms with Crippen LogP contribution in [0, 0.1) is 12.8 Å². The topological polar surface area (TPSA) is 101 Å². The van der Waals surface area contributed by atoms with Gasteiger partial charge in [0.15, 0.2) is 5.66 Å². The van der Waals surface area contributed by atoms with Crippen LogP contribution in [-0.4, -0.2) is 35.0 Å². The second-order valence-electron chi connectivity index (χ2n) is 8.55. The summed E-state index contributed by atoms with van der Waals surface area (Å²) < 4.78 is 59.8. The van der Waals surface area contributed by atoms with Crippen LogP contribution in [0.3, 0.4) is 0 Å². The summed E-state index contributed by atoms with van der Waals surface area (Å²) in [4.78, 5) is 8.70. The van der Waals surface area contributed by atoms with Crippen LogP contribution in [0.1, 0.15) is 62.8 Å². The zero-order chi connectivity index (χ0) is 21.6. The lowest BCUT2D eigenvalue weighted by Gasteiger charge is -2.43. The summed E-state index contributed by atoms with van der Waals surface area (Å²) in [5, 5.41) is 10.4. The van der Waals surface area contributed by atoms with E-state index in [1.54, 1.807) is 13.0 Å². The summed E-state index contributed by atoms with van der Waals surface area (Å²) in [7, 11) is 0. The fourth-order valence-corrected chi connectivity index (χ4v) is 4.53. The highest BCUT2D eigenvalue weighted by Gasteiger charge is 2.50. The molecule has 2 heterocycles. The molecular weight excluding hydrogens is 404 g/mol. The van der Waals surface area contributed by atoms with Crippen molar-refractivity contribution in [1.29, 1.82) is 0 Å². The third-order valence-electron chi connectivity index (χ3n) is 6.21. The van der Waals surface area contributed by atoms with Crippen LogP contribution in [0.15, 0.2) is 20.6 Å². The van der Waals surface area contributed by atoms with Gasteiger partial charge in [0, 0.05) is 43.7 Å². The van der Waals surface area contributed by atoms with Crippen LogP contribution in [0.4, 0.5) is 17.6 Å². The SMILES string of the molecule is Cc1cc(C2(C3CCC(F)(F)CC3)N=C(N)N=C(NC3CCC(F)(F)CC3)N2)no1.